The Morgan fingerprint density at radius 2 is 2.26 bits per heavy atom. The van der Waals surface area contributed by atoms with Crippen LogP contribution in [0.4, 0.5) is 5.69 Å². The molecule has 0 saturated carbocycles. The highest BCUT2D eigenvalue weighted by molar-refractivity contribution is 5.93. The number of benzene rings is 1. The zero-order chi connectivity index (χ0) is 16.1. The van der Waals surface area contributed by atoms with Crippen LogP contribution in [-0.2, 0) is 6.54 Å². The molecule has 0 spiro atoms. The number of nitrogens with one attached hydrogen (secondary N) is 1. The summed E-state index contributed by atoms with van der Waals surface area (Å²) in [7, 11) is 0. The summed E-state index contributed by atoms with van der Waals surface area (Å²) < 4.78 is 7.17. The Morgan fingerprint density at radius 1 is 1.35 bits per heavy atom. The maximum Gasteiger partial charge on any atom is 0.273 e. The number of nitrogens with zero attached hydrogens (tertiary/aromatic N) is 3. The molecule has 1 amide bonds. The number of anilines is 1. The van der Waals surface area contributed by atoms with Crippen molar-refractivity contribution in [3.05, 3.63) is 54.7 Å². The third-order valence-corrected chi connectivity index (χ3v) is 3.35. The average Bonchev–Trinajstić information content (AvgIpc) is 3.23. The first kappa shape index (κ1) is 14.8. The highest BCUT2D eigenvalue weighted by Gasteiger charge is 2.13. The van der Waals surface area contributed by atoms with E-state index >= 15 is 0 Å². The number of imidazole rings is 1. The number of carbonyl (C=O) groups excluding carboxylic acids is 1. The second-order valence-corrected chi connectivity index (χ2v) is 5.11. The quantitative estimate of drug-likeness (QED) is 0.535. The molecule has 7 heteroatoms. The fourth-order valence-electron chi connectivity index (χ4n) is 2.18. The Hall–Kier alpha value is -3.09. The van der Waals surface area contributed by atoms with Gasteiger partial charge in [0.2, 0.25) is 0 Å². The number of aryl methyl sites for hydroxylation is 1. The van der Waals surface area contributed by atoms with Crippen LogP contribution in [0.2, 0.25) is 0 Å². The van der Waals surface area contributed by atoms with Crippen LogP contribution < -0.4 is 11.1 Å². The average molecular weight is 311 g/mol. The fourth-order valence-corrected chi connectivity index (χ4v) is 2.18. The minimum atomic E-state index is -0.255. The van der Waals surface area contributed by atoms with E-state index in [1.54, 1.807) is 30.7 Å². The smallest absolute Gasteiger partial charge is 0.273 e. The molecule has 0 aliphatic rings. The lowest BCUT2D eigenvalue weighted by atomic mass is 10.1. The number of hydrogen-bond acceptors (Lipinski definition) is 5. The van der Waals surface area contributed by atoms with Crippen LogP contribution in [0, 0.1) is 0 Å². The van der Waals surface area contributed by atoms with E-state index in [4.69, 9.17) is 10.3 Å². The molecule has 2 heterocycles. The lowest BCUT2D eigenvalue weighted by Gasteiger charge is -2.03. The van der Waals surface area contributed by atoms with Crippen LogP contribution in [0.15, 0.2) is 53.6 Å². The van der Waals surface area contributed by atoms with E-state index in [-0.39, 0.29) is 11.6 Å². The van der Waals surface area contributed by atoms with Crippen LogP contribution in [-0.4, -0.2) is 27.2 Å². The molecule has 1 aromatic carbocycles. The van der Waals surface area contributed by atoms with Crippen molar-refractivity contribution in [1.29, 1.82) is 0 Å². The van der Waals surface area contributed by atoms with Gasteiger partial charge in [-0.1, -0.05) is 17.3 Å². The molecule has 2 aromatic heterocycles. The molecular formula is C16H17N5O2. The number of nitrogens with two attached hydrogens (primary N) is 1. The summed E-state index contributed by atoms with van der Waals surface area (Å²) in [4.78, 5) is 16.0. The third kappa shape index (κ3) is 3.76. The standard InChI is InChI=1S/C16H17N5O2/c17-13-4-1-3-12(9-13)15-10-14(20-23-15)16(22)19-5-2-7-21-8-6-18-11-21/h1,3-4,6,8-11H,2,5,7,17H2,(H,19,22). The van der Waals surface area contributed by atoms with Crippen LogP contribution in [0.3, 0.4) is 0 Å². The van der Waals surface area contributed by atoms with Crippen molar-refractivity contribution in [2.24, 2.45) is 0 Å². The molecule has 3 rings (SSSR count). The Labute approximate surface area is 133 Å². The number of amides is 1. The monoisotopic (exact) mass is 311 g/mol. The van der Waals surface area contributed by atoms with Crippen LogP contribution in [0.25, 0.3) is 11.3 Å². The molecule has 0 radical (unpaired) electrons. The number of aromatic nitrogens is 3. The molecular weight excluding hydrogens is 294 g/mol. The van der Waals surface area contributed by atoms with Crippen molar-refractivity contribution >= 4 is 11.6 Å². The fraction of sp³-hybridized carbons (Fsp3) is 0.188. The van der Waals surface area contributed by atoms with E-state index in [2.05, 4.69) is 15.5 Å². The molecule has 3 aromatic rings. The van der Waals surface area contributed by atoms with E-state index in [9.17, 15) is 4.79 Å². The maximum absolute atomic E-state index is 12.0. The molecule has 0 aliphatic carbocycles. The number of rotatable bonds is 6. The molecule has 3 N–H and O–H groups in total. The van der Waals surface area contributed by atoms with Gasteiger partial charge in [-0.15, -0.1) is 0 Å². The number of carbonyl (C=O) groups is 1. The van der Waals surface area contributed by atoms with Gasteiger partial charge in [0, 0.05) is 42.8 Å². The van der Waals surface area contributed by atoms with E-state index in [1.807, 2.05) is 22.9 Å². The molecule has 0 saturated heterocycles. The minimum Gasteiger partial charge on any atom is -0.399 e. The number of nitrogen functional groups attached to an aromatic ring is 1. The van der Waals surface area contributed by atoms with E-state index in [1.165, 1.54) is 0 Å². The van der Waals surface area contributed by atoms with Gasteiger partial charge in [0.05, 0.1) is 6.33 Å². The molecule has 7 nitrogen and oxygen atoms in total. The minimum absolute atomic E-state index is 0.255. The second kappa shape index (κ2) is 6.78. The molecule has 0 atom stereocenters. The summed E-state index contributed by atoms with van der Waals surface area (Å²) in [5.74, 6) is 0.260. The summed E-state index contributed by atoms with van der Waals surface area (Å²) in [5, 5.41) is 6.63. The molecule has 0 unspecified atom stereocenters. The maximum atomic E-state index is 12.0. The van der Waals surface area contributed by atoms with Gasteiger partial charge in [-0.25, -0.2) is 4.98 Å². The zero-order valence-electron chi connectivity index (χ0n) is 12.5. The van der Waals surface area contributed by atoms with E-state index in [0.717, 1.165) is 18.5 Å². The van der Waals surface area contributed by atoms with Gasteiger partial charge in [0.25, 0.3) is 5.91 Å². The highest BCUT2D eigenvalue weighted by Crippen LogP contribution is 2.22. The molecule has 118 valence electrons. The first-order valence-corrected chi connectivity index (χ1v) is 7.29. The molecule has 0 fully saturated rings. The van der Waals surface area contributed by atoms with Crippen molar-refractivity contribution < 1.29 is 9.32 Å². The molecule has 0 aliphatic heterocycles. The van der Waals surface area contributed by atoms with Gasteiger partial charge in [-0.05, 0) is 18.6 Å². The first-order valence-electron chi connectivity index (χ1n) is 7.29. The van der Waals surface area contributed by atoms with Crippen molar-refractivity contribution in [3.63, 3.8) is 0 Å². The second-order valence-electron chi connectivity index (χ2n) is 5.11. The van der Waals surface area contributed by atoms with Gasteiger partial charge >= 0.3 is 0 Å². The van der Waals surface area contributed by atoms with Gasteiger partial charge in [0.1, 0.15) is 0 Å². The van der Waals surface area contributed by atoms with Crippen molar-refractivity contribution in [1.82, 2.24) is 20.0 Å². The Balaban J connectivity index is 1.54. The summed E-state index contributed by atoms with van der Waals surface area (Å²) in [6.45, 7) is 1.35. The Bertz CT molecular complexity index is 779. The summed E-state index contributed by atoms with van der Waals surface area (Å²) in [5.41, 5.74) is 7.41. The topological polar surface area (TPSA) is 99.0 Å². The van der Waals surface area contributed by atoms with Gasteiger partial charge in [-0.3, -0.25) is 4.79 Å². The lowest BCUT2D eigenvalue weighted by molar-refractivity contribution is 0.0944. The zero-order valence-corrected chi connectivity index (χ0v) is 12.5. The summed E-state index contributed by atoms with van der Waals surface area (Å²) in [6.07, 6.45) is 6.17. The molecule has 0 bridgehead atoms. The normalized spacial score (nSPS) is 10.6. The van der Waals surface area contributed by atoms with Gasteiger partial charge in [-0.2, -0.15) is 0 Å². The largest absolute Gasteiger partial charge is 0.399 e. The van der Waals surface area contributed by atoms with Gasteiger partial charge in [0.15, 0.2) is 11.5 Å². The molecule has 23 heavy (non-hydrogen) atoms. The van der Waals surface area contributed by atoms with Crippen molar-refractivity contribution in [2.45, 2.75) is 13.0 Å². The van der Waals surface area contributed by atoms with Crippen molar-refractivity contribution in [2.75, 3.05) is 12.3 Å². The summed E-state index contributed by atoms with van der Waals surface area (Å²) in [6, 6.07) is 8.84. The SMILES string of the molecule is Nc1cccc(-c2cc(C(=O)NCCCn3ccnc3)no2)c1. The summed E-state index contributed by atoms with van der Waals surface area (Å²) >= 11 is 0. The van der Waals surface area contributed by atoms with Crippen LogP contribution >= 0.6 is 0 Å². The lowest BCUT2D eigenvalue weighted by Crippen LogP contribution is -2.25. The van der Waals surface area contributed by atoms with Crippen molar-refractivity contribution in [3.8, 4) is 11.3 Å². The van der Waals surface area contributed by atoms with Crippen LogP contribution in [0.5, 0.6) is 0 Å². The Kier molecular flexibility index (Phi) is 4.37. The highest BCUT2D eigenvalue weighted by atomic mass is 16.5. The van der Waals surface area contributed by atoms with E-state index < -0.39 is 0 Å². The number of hydrogen-bond donors (Lipinski definition) is 2. The predicted octanol–water partition coefficient (Wildman–Crippen LogP) is 1.94. The third-order valence-electron chi connectivity index (χ3n) is 3.35. The first-order chi connectivity index (χ1) is 11.2. The predicted molar refractivity (Wildman–Crippen MR) is 85.5 cm³/mol. The Morgan fingerprint density at radius 3 is 3.04 bits per heavy atom. The van der Waals surface area contributed by atoms with E-state index in [0.29, 0.717) is 18.0 Å². The van der Waals surface area contributed by atoms with Crippen LogP contribution in [0.1, 0.15) is 16.9 Å². The van der Waals surface area contributed by atoms with Gasteiger partial charge < -0.3 is 20.1 Å².